The fourth-order valence-corrected chi connectivity index (χ4v) is 3.13. The van der Waals surface area contributed by atoms with Crippen molar-refractivity contribution < 1.29 is 0 Å². The van der Waals surface area contributed by atoms with Crippen LogP contribution in [0.2, 0.25) is 0 Å². The highest BCUT2D eigenvalue weighted by molar-refractivity contribution is 5.41. The maximum atomic E-state index is 6.75. The summed E-state index contributed by atoms with van der Waals surface area (Å²) in [5, 5.41) is 0. The molecule has 0 aliphatic heterocycles. The summed E-state index contributed by atoms with van der Waals surface area (Å²) >= 11 is 0. The second kappa shape index (κ2) is 4.25. The highest BCUT2D eigenvalue weighted by Crippen LogP contribution is 2.41. The molecule has 2 aromatic rings. The van der Waals surface area contributed by atoms with Gasteiger partial charge in [-0.15, -0.1) is 0 Å². The van der Waals surface area contributed by atoms with Gasteiger partial charge in [0.1, 0.15) is 0 Å². The maximum absolute atomic E-state index is 6.75. The molecule has 0 aromatic heterocycles. The summed E-state index contributed by atoms with van der Waals surface area (Å²) in [7, 11) is 0. The number of hydrogen-bond acceptors (Lipinski definition) is 1. The molecule has 2 aromatic carbocycles. The zero-order valence-corrected chi connectivity index (χ0v) is 10.8. The first-order valence-corrected chi connectivity index (χ1v) is 6.61. The molecule has 0 spiro atoms. The van der Waals surface area contributed by atoms with Gasteiger partial charge in [0.2, 0.25) is 0 Å². The molecule has 3 rings (SSSR count). The third-order valence-electron chi connectivity index (χ3n) is 4.26. The molecule has 0 amide bonds. The predicted molar refractivity (Wildman–Crippen MR) is 75.3 cm³/mol. The van der Waals surface area contributed by atoms with Gasteiger partial charge in [0.25, 0.3) is 0 Å². The van der Waals surface area contributed by atoms with Crippen molar-refractivity contribution in [1.82, 2.24) is 0 Å². The fourth-order valence-electron chi connectivity index (χ4n) is 3.13. The van der Waals surface area contributed by atoms with Crippen molar-refractivity contribution in [1.29, 1.82) is 0 Å². The topological polar surface area (TPSA) is 26.0 Å². The van der Waals surface area contributed by atoms with Crippen LogP contribution in [0.25, 0.3) is 0 Å². The van der Waals surface area contributed by atoms with Crippen LogP contribution in [0, 0.1) is 5.92 Å². The summed E-state index contributed by atoms with van der Waals surface area (Å²) in [5.41, 5.74) is 10.6. The fraction of sp³-hybridized carbons (Fsp3) is 0.294. The molecule has 1 aliphatic carbocycles. The zero-order chi connectivity index (χ0) is 12.6. The highest BCUT2D eigenvalue weighted by Gasteiger charge is 2.40. The molecule has 0 unspecified atom stereocenters. The standard InChI is InChI=1S/C17H19N/c1-13-11-15-9-5-6-10-16(15)17(13,18)12-14-7-3-2-4-8-14/h2-10,13H,11-12,18H2,1H3/t13-,17-/m1/s1. The summed E-state index contributed by atoms with van der Waals surface area (Å²) < 4.78 is 0. The minimum absolute atomic E-state index is 0.210. The molecule has 18 heavy (non-hydrogen) atoms. The van der Waals surface area contributed by atoms with Gasteiger partial charge in [-0.1, -0.05) is 61.5 Å². The van der Waals surface area contributed by atoms with Gasteiger partial charge in [-0.2, -0.15) is 0 Å². The van der Waals surface area contributed by atoms with E-state index in [-0.39, 0.29) is 5.54 Å². The summed E-state index contributed by atoms with van der Waals surface area (Å²) in [6.07, 6.45) is 2.02. The van der Waals surface area contributed by atoms with E-state index in [4.69, 9.17) is 5.73 Å². The Balaban J connectivity index is 1.99. The lowest BCUT2D eigenvalue weighted by atomic mass is 9.80. The Labute approximate surface area is 109 Å². The number of rotatable bonds is 2. The molecule has 0 saturated heterocycles. The molecular formula is C17H19N. The first-order valence-electron chi connectivity index (χ1n) is 6.61. The van der Waals surface area contributed by atoms with E-state index in [1.165, 1.54) is 16.7 Å². The van der Waals surface area contributed by atoms with E-state index in [2.05, 4.69) is 61.5 Å². The summed E-state index contributed by atoms with van der Waals surface area (Å²) in [4.78, 5) is 0. The van der Waals surface area contributed by atoms with E-state index in [1.54, 1.807) is 0 Å². The molecule has 1 nitrogen and oxygen atoms in total. The average Bonchev–Trinajstić information content (AvgIpc) is 2.63. The molecule has 2 atom stereocenters. The Hall–Kier alpha value is -1.60. The molecule has 92 valence electrons. The van der Waals surface area contributed by atoms with E-state index in [0.717, 1.165) is 12.8 Å². The first-order chi connectivity index (χ1) is 8.70. The van der Waals surface area contributed by atoms with Crippen molar-refractivity contribution in [3.05, 3.63) is 71.3 Å². The second-order valence-corrected chi connectivity index (χ2v) is 5.47. The largest absolute Gasteiger partial charge is 0.321 e. The Kier molecular flexibility index (Phi) is 2.71. The Morgan fingerprint density at radius 3 is 2.50 bits per heavy atom. The third-order valence-corrected chi connectivity index (χ3v) is 4.26. The monoisotopic (exact) mass is 237 g/mol. The normalized spacial score (nSPS) is 26.0. The number of fused-ring (bicyclic) bond motifs is 1. The number of hydrogen-bond donors (Lipinski definition) is 1. The van der Waals surface area contributed by atoms with Crippen LogP contribution in [0.3, 0.4) is 0 Å². The molecule has 2 N–H and O–H groups in total. The van der Waals surface area contributed by atoms with Gasteiger partial charge in [-0.05, 0) is 35.4 Å². The van der Waals surface area contributed by atoms with Crippen molar-refractivity contribution in [3.8, 4) is 0 Å². The maximum Gasteiger partial charge on any atom is 0.0482 e. The van der Waals surface area contributed by atoms with Gasteiger partial charge >= 0.3 is 0 Å². The molecule has 0 fully saturated rings. The lowest BCUT2D eigenvalue weighted by molar-refractivity contribution is 0.322. The van der Waals surface area contributed by atoms with Crippen LogP contribution in [0.1, 0.15) is 23.6 Å². The zero-order valence-electron chi connectivity index (χ0n) is 10.8. The van der Waals surface area contributed by atoms with Crippen LogP contribution in [0.15, 0.2) is 54.6 Å². The van der Waals surface area contributed by atoms with Crippen molar-refractivity contribution in [2.24, 2.45) is 11.7 Å². The van der Waals surface area contributed by atoms with E-state index < -0.39 is 0 Å². The van der Waals surface area contributed by atoms with Crippen LogP contribution >= 0.6 is 0 Å². The Morgan fingerprint density at radius 1 is 1.06 bits per heavy atom. The van der Waals surface area contributed by atoms with Crippen molar-refractivity contribution in [2.45, 2.75) is 25.3 Å². The van der Waals surface area contributed by atoms with Crippen LogP contribution in [-0.2, 0) is 18.4 Å². The minimum Gasteiger partial charge on any atom is -0.321 e. The van der Waals surface area contributed by atoms with Gasteiger partial charge < -0.3 is 5.73 Å². The highest BCUT2D eigenvalue weighted by atomic mass is 14.8. The van der Waals surface area contributed by atoms with E-state index in [9.17, 15) is 0 Å². The lowest BCUT2D eigenvalue weighted by Crippen LogP contribution is -2.42. The van der Waals surface area contributed by atoms with E-state index >= 15 is 0 Å². The van der Waals surface area contributed by atoms with Crippen LogP contribution < -0.4 is 5.73 Å². The van der Waals surface area contributed by atoms with Crippen molar-refractivity contribution in [2.75, 3.05) is 0 Å². The van der Waals surface area contributed by atoms with Gasteiger partial charge in [0.15, 0.2) is 0 Å². The minimum atomic E-state index is -0.210. The average molecular weight is 237 g/mol. The van der Waals surface area contributed by atoms with E-state index in [0.29, 0.717) is 5.92 Å². The Morgan fingerprint density at radius 2 is 1.72 bits per heavy atom. The quantitative estimate of drug-likeness (QED) is 0.852. The van der Waals surface area contributed by atoms with Gasteiger partial charge in [-0.25, -0.2) is 0 Å². The molecule has 0 radical (unpaired) electrons. The van der Waals surface area contributed by atoms with E-state index in [1.807, 2.05) is 0 Å². The van der Waals surface area contributed by atoms with Crippen molar-refractivity contribution >= 4 is 0 Å². The van der Waals surface area contributed by atoms with Crippen LogP contribution in [-0.4, -0.2) is 0 Å². The molecule has 1 heteroatoms. The summed E-state index contributed by atoms with van der Waals surface area (Å²) in [5.74, 6) is 0.495. The molecule has 0 heterocycles. The first kappa shape index (κ1) is 11.5. The number of benzene rings is 2. The second-order valence-electron chi connectivity index (χ2n) is 5.47. The van der Waals surface area contributed by atoms with Crippen LogP contribution in [0.4, 0.5) is 0 Å². The van der Waals surface area contributed by atoms with Gasteiger partial charge in [0.05, 0.1) is 0 Å². The van der Waals surface area contributed by atoms with Gasteiger partial charge in [-0.3, -0.25) is 0 Å². The lowest BCUT2D eigenvalue weighted by Gasteiger charge is -2.30. The molecular weight excluding hydrogens is 218 g/mol. The molecule has 1 aliphatic rings. The third kappa shape index (κ3) is 1.75. The SMILES string of the molecule is C[C@@H]1Cc2ccccc2[C@@]1(N)Cc1ccccc1. The van der Waals surface area contributed by atoms with Crippen molar-refractivity contribution in [3.63, 3.8) is 0 Å². The van der Waals surface area contributed by atoms with Gasteiger partial charge in [0, 0.05) is 5.54 Å². The molecule has 0 bridgehead atoms. The summed E-state index contributed by atoms with van der Waals surface area (Å²) in [6.45, 7) is 2.27. The Bertz CT molecular complexity index is 547. The molecule has 0 saturated carbocycles. The van der Waals surface area contributed by atoms with Crippen LogP contribution in [0.5, 0.6) is 0 Å². The summed E-state index contributed by atoms with van der Waals surface area (Å²) in [6, 6.07) is 19.2. The predicted octanol–water partition coefficient (Wildman–Crippen LogP) is 3.28. The number of nitrogens with two attached hydrogens (primary N) is 1. The smallest absolute Gasteiger partial charge is 0.0482 e.